The Morgan fingerprint density at radius 1 is 0.871 bits per heavy atom. The number of pyridine rings is 2. The zero-order valence-electron chi connectivity index (χ0n) is 16.9. The zero-order valence-corrected chi connectivity index (χ0v) is 16.9. The largest absolute Gasteiger partial charge is 0.383 e. The minimum atomic E-state index is 0.448. The van der Waals surface area contributed by atoms with Gasteiger partial charge in [-0.1, -0.05) is 6.07 Å². The average molecular weight is 407 g/mol. The molecule has 6 rings (SSSR count). The average Bonchev–Trinajstić information content (AvgIpc) is 3.47. The summed E-state index contributed by atoms with van der Waals surface area (Å²) in [5.74, 6) is 1.92. The van der Waals surface area contributed by atoms with Crippen LogP contribution in [0.5, 0.6) is 0 Å². The summed E-state index contributed by atoms with van der Waals surface area (Å²) in [6.45, 7) is 0. The maximum Gasteiger partial charge on any atom is 0.167 e. The molecule has 152 valence electrons. The Labute approximate surface area is 179 Å². The van der Waals surface area contributed by atoms with Gasteiger partial charge in [0.2, 0.25) is 0 Å². The van der Waals surface area contributed by atoms with Crippen LogP contribution in [0, 0.1) is 0 Å². The molecule has 1 aromatic carbocycles. The van der Waals surface area contributed by atoms with Gasteiger partial charge in [-0.15, -0.1) is 0 Å². The van der Waals surface area contributed by atoms with Crippen molar-refractivity contribution < 1.29 is 0 Å². The third-order valence-corrected chi connectivity index (χ3v) is 5.90. The van der Waals surface area contributed by atoms with Crippen LogP contribution < -0.4 is 5.73 Å². The molecule has 0 aliphatic heterocycles. The summed E-state index contributed by atoms with van der Waals surface area (Å²) in [6, 6.07) is 16.3. The lowest BCUT2D eigenvalue weighted by atomic mass is 9.91. The molecule has 7 heteroatoms. The normalized spacial score (nSPS) is 13.4. The Morgan fingerprint density at radius 3 is 2.61 bits per heavy atom. The SMILES string of the molecule is Nc1ncccc1-c1nc2ccc(-n3cccn3)nc2n1-c1ccc2c(c1)CCCC2. The molecule has 4 aromatic heterocycles. The van der Waals surface area contributed by atoms with Crippen LogP contribution in [-0.4, -0.2) is 29.3 Å². The number of imidazole rings is 1. The van der Waals surface area contributed by atoms with E-state index in [4.69, 9.17) is 15.7 Å². The molecule has 0 fully saturated rings. The molecule has 1 aliphatic carbocycles. The summed E-state index contributed by atoms with van der Waals surface area (Å²) in [6.07, 6.45) is 10.1. The van der Waals surface area contributed by atoms with Crippen molar-refractivity contribution in [3.63, 3.8) is 0 Å². The van der Waals surface area contributed by atoms with E-state index in [1.54, 1.807) is 17.1 Å². The van der Waals surface area contributed by atoms with Crippen molar-refractivity contribution in [1.29, 1.82) is 0 Å². The second kappa shape index (κ2) is 7.05. The Balaban J connectivity index is 1.63. The highest BCUT2D eigenvalue weighted by Crippen LogP contribution is 2.32. The van der Waals surface area contributed by atoms with Gasteiger partial charge in [-0.2, -0.15) is 5.10 Å². The fourth-order valence-electron chi connectivity index (χ4n) is 4.37. The molecule has 0 atom stereocenters. The highest BCUT2D eigenvalue weighted by Gasteiger charge is 2.20. The molecular formula is C24H21N7. The summed E-state index contributed by atoms with van der Waals surface area (Å²) in [4.78, 5) is 14.1. The number of nitrogens with zero attached hydrogens (tertiary/aromatic N) is 6. The standard InChI is InChI=1S/C24H21N7/c25-22-19(7-3-12-26-22)23-28-20-10-11-21(30-14-4-13-27-30)29-24(20)31(23)18-9-8-16-5-1-2-6-17(16)15-18/h3-4,7-15H,1-2,5-6H2,(H2,25,26). The summed E-state index contributed by atoms with van der Waals surface area (Å²) in [5.41, 5.74) is 12.5. The van der Waals surface area contributed by atoms with Gasteiger partial charge in [0, 0.05) is 24.3 Å². The Hall–Kier alpha value is -4.00. The number of fused-ring (bicyclic) bond motifs is 2. The first-order valence-electron chi connectivity index (χ1n) is 10.5. The van der Waals surface area contributed by atoms with E-state index in [0.717, 1.165) is 46.9 Å². The van der Waals surface area contributed by atoms with Crippen LogP contribution in [0.2, 0.25) is 0 Å². The van der Waals surface area contributed by atoms with Gasteiger partial charge in [0.25, 0.3) is 0 Å². The molecule has 0 saturated heterocycles. The van der Waals surface area contributed by atoms with Gasteiger partial charge >= 0.3 is 0 Å². The highest BCUT2D eigenvalue weighted by molar-refractivity contribution is 5.83. The first-order chi connectivity index (χ1) is 15.3. The van der Waals surface area contributed by atoms with E-state index in [9.17, 15) is 0 Å². The number of aromatic nitrogens is 6. The number of rotatable bonds is 3. The number of anilines is 1. The molecule has 0 bridgehead atoms. The number of benzene rings is 1. The van der Waals surface area contributed by atoms with Crippen LogP contribution in [0.3, 0.4) is 0 Å². The maximum absolute atomic E-state index is 6.24. The molecule has 4 heterocycles. The van der Waals surface area contributed by atoms with Crippen LogP contribution in [0.15, 0.2) is 67.1 Å². The van der Waals surface area contributed by atoms with Gasteiger partial charge < -0.3 is 5.73 Å². The van der Waals surface area contributed by atoms with Crippen molar-refractivity contribution in [2.75, 3.05) is 5.73 Å². The third kappa shape index (κ3) is 2.97. The molecule has 2 N–H and O–H groups in total. The summed E-state index contributed by atoms with van der Waals surface area (Å²) in [5, 5.41) is 4.33. The second-order valence-electron chi connectivity index (χ2n) is 7.83. The third-order valence-electron chi connectivity index (χ3n) is 5.90. The van der Waals surface area contributed by atoms with E-state index in [-0.39, 0.29) is 0 Å². The zero-order chi connectivity index (χ0) is 20.8. The van der Waals surface area contributed by atoms with Gasteiger partial charge in [0.05, 0.1) is 5.56 Å². The first kappa shape index (κ1) is 17.8. The smallest absolute Gasteiger partial charge is 0.167 e. The number of aryl methyl sites for hydroxylation is 2. The second-order valence-corrected chi connectivity index (χ2v) is 7.83. The first-order valence-corrected chi connectivity index (χ1v) is 10.5. The van der Waals surface area contributed by atoms with Gasteiger partial charge in [-0.25, -0.2) is 19.6 Å². The molecule has 0 spiro atoms. The molecule has 0 radical (unpaired) electrons. The molecule has 0 amide bonds. The topological polar surface area (TPSA) is 87.4 Å². The highest BCUT2D eigenvalue weighted by atomic mass is 15.3. The predicted molar refractivity (Wildman–Crippen MR) is 120 cm³/mol. The molecule has 0 saturated carbocycles. The van der Waals surface area contributed by atoms with Crippen molar-refractivity contribution in [3.8, 4) is 22.9 Å². The lowest BCUT2D eigenvalue weighted by molar-refractivity contribution is 0.685. The van der Waals surface area contributed by atoms with Crippen LogP contribution in [0.4, 0.5) is 5.82 Å². The van der Waals surface area contributed by atoms with Gasteiger partial charge in [-0.05, 0) is 79.3 Å². The summed E-state index contributed by atoms with van der Waals surface area (Å²) >= 11 is 0. The lowest BCUT2D eigenvalue weighted by Gasteiger charge is -2.18. The van der Waals surface area contributed by atoms with Gasteiger partial charge in [0.15, 0.2) is 17.3 Å². The van der Waals surface area contributed by atoms with E-state index in [1.165, 1.54) is 24.0 Å². The minimum Gasteiger partial charge on any atom is -0.383 e. The molecule has 31 heavy (non-hydrogen) atoms. The summed E-state index contributed by atoms with van der Waals surface area (Å²) in [7, 11) is 0. The van der Waals surface area contributed by atoms with Crippen molar-refractivity contribution in [2.24, 2.45) is 0 Å². The van der Waals surface area contributed by atoms with Crippen molar-refractivity contribution in [2.45, 2.75) is 25.7 Å². The molecular weight excluding hydrogens is 386 g/mol. The van der Waals surface area contributed by atoms with E-state index in [2.05, 4.69) is 32.8 Å². The van der Waals surface area contributed by atoms with Crippen molar-refractivity contribution in [1.82, 2.24) is 29.3 Å². The summed E-state index contributed by atoms with van der Waals surface area (Å²) < 4.78 is 3.84. The van der Waals surface area contributed by atoms with Crippen molar-refractivity contribution in [3.05, 3.63) is 78.2 Å². The van der Waals surface area contributed by atoms with Crippen molar-refractivity contribution >= 4 is 17.0 Å². The van der Waals surface area contributed by atoms with Gasteiger partial charge in [0.1, 0.15) is 11.3 Å². The number of hydrogen-bond acceptors (Lipinski definition) is 5. The number of nitrogen functional groups attached to an aromatic ring is 1. The van der Waals surface area contributed by atoms with E-state index < -0.39 is 0 Å². The van der Waals surface area contributed by atoms with Crippen LogP contribution in [-0.2, 0) is 12.8 Å². The lowest BCUT2D eigenvalue weighted by Crippen LogP contribution is -2.07. The van der Waals surface area contributed by atoms with Gasteiger partial charge in [-0.3, -0.25) is 4.57 Å². The van der Waals surface area contributed by atoms with E-state index in [1.807, 2.05) is 36.5 Å². The van der Waals surface area contributed by atoms with Crippen LogP contribution in [0.1, 0.15) is 24.0 Å². The minimum absolute atomic E-state index is 0.448. The van der Waals surface area contributed by atoms with Crippen LogP contribution in [0.25, 0.3) is 34.1 Å². The fourth-order valence-corrected chi connectivity index (χ4v) is 4.37. The fraction of sp³-hybridized carbons (Fsp3) is 0.167. The monoisotopic (exact) mass is 407 g/mol. The molecule has 1 aliphatic rings. The number of hydrogen-bond donors (Lipinski definition) is 1. The van der Waals surface area contributed by atoms with E-state index in [0.29, 0.717) is 5.82 Å². The molecule has 0 unspecified atom stereocenters. The quantitative estimate of drug-likeness (QED) is 0.486. The predicted octanol–water partition coefficient (Wildman–Crippen LogP) is 4.13. The Bertz CT molecular complexity index is 1400. The number of nitrogens with two attached hydrogens (primary N) is 1. The van der Waals surface area contributed by atoms with Crippen LogP contribution >= 0.6 is 0 Å². The Kier molecular flexibility index (Phi) is 4.06. The Morgan fingerprint density at radius 2 is 1.77 bits per heavy atom. The molecule has 7 nitrogen and oxygen atoms in total. The van der Waals surface area contributed by atoms with E-state index >= 15 is 0 Å². The molecule has 5 aromatic rings. The maximum atomic E-state index is 6.24.